The van der Waals surface area contributed by atoms with Gasteiger partial charge in [0, 0.05) is 7.05 Å². The Morgan fingerprint density at radius 1 is 1.50 bits per heavy atom. The highest BCUT2D eigenvalue weighted by Crippen LogP contribution is 2.23. The SMILES string of the molecule is Cc1cccc(C(=O)N(C)C(C)C(N)=NO)c1O. The average molecular weight is 251 g/mol. The lowest BCUT2D eigenvalue weighted by Crippen LogP contribution is -2.43. The van der Waals surface area contributed by atoms with Crippen molar-refractivity contribution in [2.24, 2.45) is 10.9 Å². The molecule has 0 heterocycles. The van der Waals surface area contributed by atoms with Crippen LogP contribution in [0.2, 0.25) is 0 Å². The Morgan fingerprint density at radius 3 is 2.67 bits per heavy atom. The molecule has 1 aromatic carbocycles. The van der Waals surface area contributed by atoms with Gasteiger partial charge in [-0.1, -0.05) is 17.3 Å². The van der Waals surface area contributed by atoms with Crippen LogP contribution in [0, 0.1) is 6.92 Å². The van der Waals surface area contributed by atoms with Gasteiger partial charge in [-0.05, 0) is 25.5 Å². The van der Waals surface area contributed by atoms with Crippen LogP contribution in [-0.4, -0.2) is 40.0 Å². The van der Waals surface area contributed by atoms with Crippen LogP contribution in [0.25, 0.3) is 0 Å². The minimum atomic E-state index is -0.567. The van der Waals surface area contributed by atoms with Crippen LogP contribution in [0.15, 0.2) is 23.4 Å². The van der Waals surface area contributed by atoms with Crippen molar-refractivity contribution < 1.29 is 15.1 Å². The van der Waals surface area contributed by atoms with Gasteiger partial charge < -0.3 is 20.9 Å². The molecule has 1 rings (SSSR count). The molecule has 0 fully saturated rings. The van der Waals surface area contributed by atoms with E-state index in [1.807, 2.05) is 0 Å². The molecule has 1 atom stereocenters. The van der Waals surface area contributed by atoms with E-state index in [0.29, 0.717) is 5.56 Å². The van der Waals surface area contributed by atoms with E-state index >= 15 is 0 Å². The Bertz CT molecular complexity index is 485. The number of nitrogens with zero attached hydrogens (tertiary/aromatic N) is 2. The number of carbonyl (C=O) groups excluding carboxylic acids is 1. The summed E-state index contributed by atoms with van der Waals surface area (Å²) in [6.07, 6.45) is 0. The van der Waals surface area contributed by atoms with Gasteiger partial charge in [-0.15, -0.1) is 0 Å². The first-order chi connectivity index (χ1) is 8.40. The maximum Gasteiger partial charge on any atom is 0.257 e. The zero-order valence-electron chi connectivity index (χ0n) is 10.6. The Kier molecular flexibility index (Phi) is 4.14. The van der Waals surface area contributed by atoms with E-state index in [-0.39, 0.29) is 17.1 Å². The molecule has 1 amide bonds. The van der Waals surface area contributed by atoms with E-state index in [4.69, 9.17) is 10.9 Å². The number of benzene rings is 1. The highest BCUT2D eigenvalue weighted by molar-refractivity contribution is 6.00. The summed E-state index contributed by atoms with van der Waals surface area (Å²) in [5, 5.41) is 21.3. The summed E-state index contributed by atoms with van der Waals surface area (Å²) in [4.78, 5) is 13.4. The van der Waals surface area contributed by atoms with Crippen molar-refractivity contribution in [3.63, 3.8) is 0 Å². The number of phenolic OH excluding ortho intramolecular Hbond substituents is 1. The number of hydrogen-bond acceptors (Lipinski definition) is 4. The van der Waals surface area contributed by atoms with Crippen LogP contribution in [0.1, 0.15) is 22.8 Å². The molecule has 0 spiro atoms. The Labute approximate surface area is 105 Å². The van der Waals surface area contributed by atoms with E-state index in [2.05, 4.69) is 5.16 Å². The number of phenols is 1. The summed E-state index contributed by atoms with van der Waals surface area (Å²) < 4.78 is 0. The van der Waals surface area contributed by atoms with Crippen molar-refractivity contribution in [2.45, 2.75) is 19.9 Å². The van der Waals surface area contributed by atoms with Crippen molar-refractivity contribution in [1.82, 2.24) is 4.90 Å². The number of aromatic hydroxyl groups is 1. The molecule has 0 saturated carbocycles. The van der Waals surface area contributed by atoms with Crippen molar-refractivity contribution in [3.8, 4) is 5.75 Å². The third-order valence-electron chi connectivity index (χ3n) is 2.91. The van der Waals surface area contributed by atoms with E-state index in [0.717, 1.165) is 0 Å². The van der Waals surface area contributed by atoms with Gasteiger partial charge in [-0.25, -0.2) is 0 Å². The summed E-state index contributed by atoms with van der Waals surface area (Å²) >= 11 is 0. The number of hydrogen-bond donors (Lipinski definition) is 3. The lowest BCUT2D eigenvalue weighted by atomic mass is 10.1. The fourth-order valence-electron chi connectivity index (χ4n) is 1.48. The molecule has 1 unspecified atom stereocenters. The maximum absolute atomic E-state index is 12.2. The summed E-state index contributed by atoms with van der Waals surface area (Å²) in [6, 6.07) is 4.35. The Morgan fingerprint density at radius 2 is 2.11 bits per heavy atom. The Hall–Kier alpha value is -2.24. The van der Waals surface area contributed by atoms with Crippen LogP contribution < -0.4 is 5.73 Å². The highest BCUT2D eigenvalue weighted by Gasteiger charge is 2.23. The first kappa shape index (κ1) is 13.8. The zero-order valence-corrected chi connectivity index (χ0v) is 10.6. The molecule has 6 heteroatoms. The number of carbonyl (C=O) groups is 1. The van der Waals surface area contributed by atoms with Gasteiger partial charge in [-0.2, -0.15) is 0 Å². The van der Waals surface area contributed by atoms with Crippen LogP contribution in [0.5, 0.6) is 5.75 Å². The lowest BCUT2D eigenvalue weighted by molar-refractivity contribution is 0.0773. The summed E-state index contributed by atoms with van der Waals surface area (Å²) in [6.45, 7) is 3.33. The average Bonchev–Trinajstić information content (AvgIpc) is 2.38. The van der Waals surface area contributed by atoms with Gasteiger partial charge in [-0.3, -0.25) is 4.79 Å². The zero-order chi connectivity index (χ0) is 13.9. The first-order valence-electron chi connectivity index (χ1n) is 5.43. The number of para-hydroxylation sites is 1. The number of amides is 1. The number of nitrogens with two attached hydrogens (primary N) is 1. The van der Waals surface area contributed by atoms with Crippen molar-refractivity contribution in [2.75, 3.05) is 7.05 Å². The lowest BCUT2D eigenvalue weighted by Gasteiger charge is -2.24. The minimum absolute atomic E-state index is 0.0546. The van der Waals surface area contributed by atoms with E-state index < -0.39 is 11.9 Å². The molecule has 18 heavy (non-hydrogen) atoms. The first-order valence-corrected chi connectivity index (χ1v) is 5.43. The van der Waals surface area contributed by atoms with Crippen LogP contribution in [-0.2, 0) is 0 Å². The third kappa shape index (κ3) is 2.53. The molecule has 0 bridgehead atoms. The molecule has 0 aromatic heterocycles. The summed E-state index contributed by atoms with van der Waals surface area (Å²) in [7, 11) is 1.52. The standard InChI is InChI=1S/C12H17N3O3/c1-7-5-4-6-9(10(7)16)12(17)15(3)8(2)11(13)14-18/h4-6,8,16,18H,1-3H3,(H2,13,14). The van der Waals surface area contributed by atoms with Gasteiger partial charge in [0.25, 0.3) is 5.91 Å². The number of amidine groups is 1. The maximum atomic E-state index is 12.2. The summed E-state index contributed by atoms with van der Waals surface area (Å²) in [5.41, 5.74) is 6.25. The van der Waals surface area contributed by atoms with E-state index in [9.17, 15) is 9.90 Å². The van der Waals surface area contributed by atoms with Gasteiger partial charge in [0.2, 0.25) is 0 Å². The van der Waals surface area contributed by atoms with Crippen molar-refractivity contribution in [3.05, 3.63) is 29.3 Å². The fourth-order valence-corrected chi connectivity index (χ4v) is 1.48. The second-order valence-electron chi connectivity index (χ2n) is 4.09. The predicted molar refractivity (Wildman–Crippen MR) is 67.8 cm³/mol. The van der Waals surface area contributed by atoms with Crippen LogP contribution in [0.3, 0.4) is 0 Å². The second-order valence-corrected chi connectivity index (χ2v) is 4.09. The molecule has 4 N–H and O–H groups in total. The quantitative estimate of drug-likeness (QED) is 0.322. The van der Waals surface area contributed by atoms with Gasteiger partial charge in [0.05, 0.1) is 11.6 Å². The molecule has 0 aliphatic carbocycles. The van der Waals surface area contributed by atoms with Crippen LogP contribution >= 0.6 is 0 Å². The molecule has 0 aliphatic rings. The van der Waals surface area contributed by atoms with E-state index in [1.165, 1.54) is 18.0 Å². The topological polar surface area (TPSA) is 99.2 Å². The van der Waals surface area contributed by atoms with Gasteiger partial charge >= 0.3 is 0 Å². The summed E-state index contributed by atoms with van der Waals surface area (Å²) in [5.74, 6) is -0.519. The number of likely N-dealkylation sites (N-methyl/N-ethyl adjacent to an activating group) is 1. The molecular formula is C12H17N3O3. The number of rotatable bonds is 3. The molecule has 1 aromatic rings. The fraction of sp³-hybridized carbons (Fsp3) is 0.333. The minimum Gasteiger partial charge on any atom is -0.507 e. The van der Waals surface area contributed by atoms with Gasteiger partial charge in [0.1, 0.15) is 5.75 Å². The van der Waals surface area contributed by atoms with Crippen molar-refractivity contribution in [1.29, 1.82) is 0 Å². The monoisotopic (exact) mass is 251 g/mol. The van der Waals surface area contributed by atoms with E-state index in [1.54, 1.807) is 26.0 Å². The molecule has 6 nitrogen and oxygen atoms in total. The molecular weight excluding hydrogens is 234 g/mol. The molecule has 0 aliphatic heterocycles. The van der Waals surface area contributed by atoms with Crippen molar-refractivity contribution >= 4 is 11.7 Å². The smallest absolute Gasteiger partial charge is 0.257 e. The van der Waals surface area contributed by atoms with Gasteiger partial charge in [0.15, 0.2) is 5.84 Å². The second kappa shape index (κ2) is 5.39. The third-order valence-corrected chi connectivity index (χ3v) is 2.91. The molecule has 0 saturated heterocycles. The molecule has 98 valence electrons. The molecule has 0 radical (unpaired) electrons. The normalized spacial score (nSPS) is 13.2. The number of aryl methyl sites for hydroxylation is 1. The predicted octanol–water partition coefficient (Wildman–Crippen LogP) is 0.908. The number of oxime groups is 1. The van der Waals surface area contributed by atoms with Crippen LogP contribution in [0.4, 0.5) is 0 Å². The largest absolute Gasteiger partial charge is 0.507 e. The Balaban J connectivity index is 3.04. The highest BCUT2D eigenvalue weighted by atomic mass is 16.4.